The zero-order valence-electron chi connectivity index (χ0n) is 17.6. The van der Waals surface area contributed by atoms with Crippen LogP contribution in [0.5, 0.6) is 0 Å². The summed E-state index contributed by atoms with van der Waals surface area (Å²) in [7, 11) is 1.73. The molecule has 31 heavy (non-hydrogen) atoms. The van der Waals surface area contributed by atoms with Crippen LogP contribution in [-0.2, 0) is 18.4 Å². The summed E-state index contributed by atoms with van der Waals surface area (Å²) in [6.45, 7) is 1.80. The Labute approximate surface area is 180 Å². The van der Waals surface area contributed by atoms with Gasteiger partial charge in [-0.05, 0) is 61.1 Å². The summed E-state index contributed by atoms with van der Waals surface area (Å²) in [6.07, 6.45) is 6.35. The number of halogens is 1. The van der Waals surface area contributed by atoms with Gasteiger partial charge in [0.1, 0.15) is 5.82 Å². The summed E-state index contributed by atoms with van der Waals surface area (Å²) in [5, 5.41) is 3.92. The second-order valence-electron chi connectivity index (χ2n) is 8.79. The average molecular weight is 423 g/mol. The van der Waals surface area contributed by atoms with E-state index in [1.807, 2.05) is 23.2 Å². The number of benzene rings is 1. The molecule has 2 fully saturated rings. The molecule has 162 valence electrons. The van der Waals surface area contributed by atoms with Crippen LogP contribution in [0.3, 0.4) is 0 Å². The van der Waals surface area contributed by atoms with Gasteiger partial charge in [0.15, 0.2) is 0 Å². The minimum absolute atomic E-state index is 0.00334. The summed E-state index contributed by atoms with van der Waals surface area (Å²) in [5.74, 6) is -0.416. The van der Waals surface area contributed by atoms with Gasteiger partial charge in [0.2, 0.25) is 5.91 Å². The van der Waals surface area contributed by atoms with Crippen LogP contribution in [0.25, 0.3) is 10.9 Å². The Morgan fingerprint density at radius 1 is 1.26 bits per heavy atom. The molecule has 2 aromatic heterocycles. The summed E-state index contributed by atoms with van der Waals surface area (Å²) < 4.78 is 16.0. The lowest BCUT2D eigenvalue weighted by atomic mass is 9.80. The fourth-order valence-electron chi connectivity index (χ4n) is 4.81. The highest BCUT2D eigenvalue weighted by atomic mass is 19.1. The minimum atomic E-state index is -0.269. The highest BCUT2D eigenvalue weighted by Gasteiger charge is 2.40. The van der Waals surface area contributed by atoms with Crippen LogP contribution >= 0.6 is 0 Å². The number of piperidine rings is 1. The molecule has 6 nitrogen and oxygen atoms in total. The molecule has 1 saturated heterocycles. The van der Waals surface area contributed by atoms with Gasteiger partial charge in [0.05, 0.1) is 5.92 Å². The van der Waals surface area contributed by atoms with Crippen LogP contribution in [0.1, 0.15) is 36.3 Å². The molecule has 2 unspecified atom stereocenters. The third-order valence-electron chi connectivity index (χ3n) is 6.70. The number of carbonyl (C=O) groups excluding carboxylic acids is 1. The van der Waals surface area contributed by atoms with E-state index in [-0.39, 0.29) is 35.2 Å². The van der Waals surface area contributed by atoms with Gasteiger partial charge in [-0.25, -0.2) is 4.39 Å². The SMILES string of the molecule is Cn1ccc(C2CCNCC2C(=O)N(Cc2c[nH]c3cccc(F)c23)C2CC2)cc1=O. The number of hydrogen-bond acceptors (Lipinski definition) is 3. The molecule has 1 aromatic carbocycles. The second-order valence-corrected chi connectivity index (χ2v) is 8.79. The van der Waals surface area contributed by atoms with Gasteiger partial charge < -0.3 is 19.8 Å². The molecule has 5 rings (SSSR count). The molecular formula is C24H27FN4O2. The number of nitrogens with zero attached hydrogens (tertiary/aromatic N) is 2. The number of amides is 1. The average Bonchev–Trinajstić information content (AvgIpc) is 3.53. The summed E-state index contributed by atoms with van der Waals surface area (Å²) in [6, 6.07) is 8.81. The maximum atomic E-state index is 14.5. The fourth-order valence-corrected chi connectivity index (χ4v) is 4.81. The molecule has 2 N–H and O–H groups in total. The molecular weight excluding hydrogens is 395 g/mol. The van der Waals surface area contributed by atoms with Crippen LogP contribution in [0.15, 0.2) is 47.5 Å². The van der Waals surface area contributed by atoms with Crippen molar-refractivity contribution in [2.75, 3.05) is 13.1 Å². The normalized spacial score (nSPS) is 21.4. The van der Waals surface area contributed by atoms with Crippen molar-refractivity contribution in [1.82, 2.24) is 19.8 Å². The van der Waals surface area contributed by atoms with Crippen LogP contribution < -0.4 is 10.9 Å². The van der Waals surface area contributed by atoms with Crippen LogP contribution in [-0.4, -0.2) is 39.5 Å². The van der Waals surface area contributed by atoms with E-state index < -0.39 is 0 Å². The molecule has 3 heterocycles. The van der Waals surface area contributed by atoms with Crippen molar-refractivity contribution in [2.24, 2.45) is 13.0 Å². The topological polar surface area (TPSA) is 70.1 Å². The smallest absolute Gasteiger partial charge is 0.250 e. The Hall–Kier alpha value is -2.93. The van der Waals surface area contributed by atoms with E-state index in [1.165, 1.54) is 6.07 Å². The van der Waals surface area contributed by atoms with Gasteiger partial charge >= 0.3 is 0 Å². The van der Waals surface area contributed by atoms with Gasteiger partial charge in [0.25, 0.3) is 5.56 Å². The Bertz CT molecular complexity index is 1180. The zero-order chi connectivity index (χ0) is 21.5. The van der Waals surface area contributed by atoms with Crippen molar-refractivity contribution >= 4 is 16.8 Å². The third-order valence-corrected chi connectivity index (χ3v) is 6.70. The zero-order valence-corrected chi connectivity index (χ0v) is 17.6. The summed E-state index contributed by atoms with van der Waals surface area (Å²) in [5.41, 5.74) is 2.42. The van der Waals surface area contributed by atoms with Crippen molar-refractivity contribution in [3.63, 3.8) is 0 Å². The molecule has 3 aromatic rings. The molecule has 0 radical (unpaired) electrons. The first kappa shape index (κ1) is 20.0. The highest BCUT2D eigenvalue weighted by molar-refractivity contribution is 5.85. The number of fused-ring (bicyclic) bond motifs is 1. The number of nitrogens with one attached hydrogen (secondary N) is 2. The fraction of sp³-hybridized carbons (Fsp3) is 0.417. The van der Waals surface area contributed by atoms with E-state index in [0.29, 0.717) is 18.5 Å². The lowest BCUT2D eigenvalue weighted by Gasteiger charge is -2.35. The highest BCUT2D eigenvalue weighted by Crippen LogP contribution is 2.36. The van der Waals surface area contributed by atoms with Crippen molar-refractivity contribution in [3.05, 3.63) is 70.0 Å². The van der Waals surface area contributed by atoms with Gasteiger partial charge in [-0.15, -0.1) is 0 Å². The maximum absolute atomic E-state index is 14.5. The van der Waals surface area contributed by atoms with E-state index in [9.17, 15) is 14.0 Å². The van der Waals surface area contributed by atoms with Gasteiger partial charge in [-0.1, -0.05) is 6.07 Å². The van der Waals surface area contributed by atoms with Crippen molar-refractivity contribution in [2.45, 2.75) is 37.8 Å². The third kappa shape index (κ3) is 3.78. The molecule has 7 heteroatoms. The monoisotopic (exact) mass is 422 g/mol. The number of hydrogen-bond donors (Lipinski definition) is 2. The van der Waals surface area contributed by atoms with Gasteiger partial charge in [-0.2, -0.15) is 0 Å². The van der Waals surface area contributed by atoms with E-state index >= 15 is 0 Å². The minimum Gasteiger partial charge on any atom is -0.361 e. The number of rotatable bonds is 5. The molecule has 2 atom stereocenters. The van der Waals surface area contributed by atoms with Crippen LogP contribution in [0.4, 0.5) is 4.39 Å². The molecule has 1 aliphatic carbocycles. The first-order chi connectivity index (χ1) is 15.0. The quantitative estimate of drug-likeness (QED) is 0.664. The van der Waals surface area contributed by atoms with E-state index in [2.05, 4.69) is 10.3 Å². The van der Waals surface area contributed by atoms with Crippen molar-refractivity contribution in [1.29, 1.82) is 0 Å². The molecule has 1 saturated carbocycles. The Morgan fingerprint density at radius 3 is 2.87 bits per heavy atom. The largest absolute Gasteiger partial charge is 0.361 e. The summed E-state index contributed by atoms with van der Waals surface area (Å²) >= 11 is 0. The van der Waals surface area contributed by atoms with Crippen molar-refractivity contribution < 1.29 is 9.18 Å². The number of carbonyl (C=O) groups is 1. The van der Waals surface area contributed by atoms with E-state index in [4.69, 9.17) is 0 Å². The summed E-state index contributed by atoms with van der Waals surface area (Å²) in [4.78, 5) is 31.0. The molecule has 2 aliphatic rings. The predicted octanol–water partition coefficient (Wildman–Crippen LogP) is 2.89. The lowest BCUT2D eigenvalue weighted by molar-refractivity contribution is -0.138. The van der Waals surface area contributed by atoms with Crippen LogP contribution in [0, 0.1) is 11.7 Å². The Morgan fingerprint density at radius 2 is 2.10 bits per heavy atom. The van der Waals surface area contributed by atoms with E-state index in [1.54, 1.807) is 29.9 Å². The van der Waals surface area contributed by atoms with Gasteiger partial charge in [-0.3, -0.25) is 9.59 Å². The van der Waals surface area contributed by atoms with Crippen molar-refractivity contribution in [3.8, 4) is 0 Å². The molecule has 1 amide bonds. The molecule has 0 bridgehead atoms. The Kier molecular flexibility index (Phi) is 5.14. The lowest BCUT2D eigenvalue weighted by Crippen LogP contribution is -2.47. The first-order valence-corrected chi connectivity index (χ1v) is 10.9. The number of H-pyrrole nitrogens is 1. The molecule has 1 aliphatic heterocycles. The number of aromatic amines is 1. The number of pyridine rings is 1. The van der Waals surface area contributed by atoms with Crippen LogP contribution in [0.2, 0.25) is 0 Å². The Balaban J connectivity index is 1.45. The maximum Gasteiger partial charge on any atom is 0.250 e. The standard InChI is InChI=1S/C24H27FN4O2/c1-28-10-8-15(11-22(28)30)18-7-9-26-13-19(18)24(31)29(17-5-6-17)14-16-12-27-21-4-2-3-20(25)23(16)21/h2-4,8,10-12,17-19,26-27H,5-7,9,13-14H2,1H3. The number of aryl methyl sites for hydroxylation is 1. The first-order valence-electron chi connectivity index (χ1n) is 10.9. The number of aromatic nitrogens is 2. The van der Waals surface area contributed by atoms with Gasteiger partial charge in [0, 0.05) is 55.5 Å². The molecule has 0 spiro atoms. The van der Waals surface area contributed by atoms with E-state index in [0.717, 1.165) is 42.5 Å². The predicted molar refractivity (Wildman–Crippen MR) is 117 cm³/mol. The second kappa shape index (κ2) is 7.96.